The minimum absolute atomic E-state index is 0.238. The van der Waals surface area contributed by atoms with Gasteiger partial charge in [-0.25, -0.2) is 4.98 Å². The Morgan fingerprint density at radius 1 is 0.976 bits per heavy atom. The van der Waals surface area contributed by atoms with E-state index < -0.39 is 11.4 Å². The highest BCUT2D eigenvalue weighted by molar-refractivity contribution is 6.33. The summed E-state index contributed by atoms with van der Waals surface area (Å²) in [5.41, 5.74) is 9.48. The van der Waals surface area contributed by atoms with Gasteiger partial charge in [0.15, 0.2) is 5.65 Å². The van der Waals surface area contributed by atoms with Crippen LogP contribution in [0.5, 0.6) is 0 Å². The third-order valence-corrected chi connectivity index (χ3v) is 8.37. The molecule has 0 atom stereocenters. The maximum Gasteiger partial charge on any atom is 0.300 e. The van der Waals surface area contributed by atoms with Crippen LogP contribution in [0.15, 0.2) is 54.6 Å². The topological polar surface area (TPSA) is 117 Å². The molecule has 0 aliphatic carbocycles. The highest BCUT2D eigenvalue weighted by Gasteiger charge is 2.36. The Balaban J connectivity index is 0.000000794. The summed E-state index contributed by atoms with van der Waals surface area (Å²) in [4.78, 5) is 30.8. The second-order valence-corrected chi connectivity index (χ2v) is 11.5. The van der Waals surface area contributed by atoms with E-state index in [0.717, 1.165) is 66.1 Å². The first kappa shape index (κ1) is 28.7. The lowest BCUT2D eigenvalue weighted by Crippen LogP contribution is -2.46. The van der Waals surface area contributed by atoms with Gasteiger partial charge in [-0.3, -0.25) is 9.59 Å². The van der Waals surface area contributed by atoms with E-state index in [0.29, 0.717) is 36.0 Å². The van der Waals surface area contributed by atoms with E-state index in [1.165, 1.54) is 0 Å². The molecule has 3 N–H and O–H groups in total. The van der Waals surface area contributed by atoms with Crippen LogP contribution in [-0.4, -0.2) is 57.8 Å². The number of hydrogen-bond donors (Lipinski definition) is 2. The summed E-state index contributed by atoms with van der Waals surface area (Å²) in [6.45, 7) is 6.40. The molecule has 0 bridgehead atoms. The number of amides is 1. The third-order valence-electron chi connectivity index (χ3n) is 7.78. The van der Waals surface area contributed by atoms with Gasteiger partial charge in [-0.1, -0.05) is 60.5 Å². The zero-order valence-electron chi connectivity index (χ0n) is 23.0. The summed E-state index contributed by atoms with van der Waals surface area (Å²) in [6.07, 6.45) is 2.53. The molecule has 0 spiro atoms. The molecule has 2 fully saturated rings. The number of aliphatic carboxylic acids is 1. The molecule has 214 valence electrons. The number of carboxylic acid groups (broad SMARTS) is 1. The molecule has 4 heterocycles. The fraction of sp³-hybridized carbons (Fsp3) is 0.333. The van der Waals surface area contributed by atoms with Crippen molar-refractivity contribution in [3.63, 3.8) is 0 Å². The number of nitrogens with zero attached hydrogens (tertiary/aromatic N) is 5. The Morgan fingerprint density at radius 2 is 1.61 bits per heavy atom. The summed E-state index contributed by atoms with van der Waals surface area (Å²) < 4.78 is 1.93. The van der Waals surface area contributed by atoms with Crippen molar-refractivity contribution in [3.8, 4) is 22.4 Å². The van der Waals surface area contributed by atoms with Gasteiger partial charge in [0.25, 0.3) is 5.97 Å². The lowest BCUT2D eigenvalue weighted by molar-refractivity contribution is -0.134. The van der Waals surface area contributed by atoms with E-state index in [1.807, 2.05) is 60.0 Å². The number of benzene rings is 2. The van der Waals surface area contributed by atoms with E-state index in [9.17, 15) is 4.79 Å². The van der Waals surface area contributed by atoms with Crippen molar-refractivity contribution < 1.29 is 14.7 Å². The molecule has 2 aromatic heterocycles. The molecule has 9 nitrogen and oxygen atoms in total. The Kier molecular flexibility index (Phi) is 8.11. The largest absolute Gasteiger partial charge is 0.481 e. The van der Waals surface area contributed by atoms with Crippen LogP contribution in [0.3, 0.4) is 0 Å². The first-order valence-corrected chi connectivity index (χ1v) is 14.3. The molecular weight excluding hydrogens is 563 g/mol. The maximum absolute atomic E-state index is 12.1. The van der Waals surface area contributed by atoms with Crippen molar-refractivity contribution in [3.05, 3.63) is 64.6 Å². The van der Waals surface area contributed by atoms with E-state index in [2.05, 4.69) is 15.9 Å². The SMILES string of the molecule is CC(=O)O.CC1(C(N)=O)CCN(c2cc(N3CCC3)nc3c(-c4ccc(Cl)cc4)c(-c4ccccc4Cl)nn23)CC1. The zero-order valence-corrected chi connectivity index (χ0v) is 24.5. The average molecular weight is 596 g/mol. The van der Waals surface area contributed by atoms with Crippen LogP contribution in [0.1, 0.15) is 33.1 Å². The number of piperidine rings is 1. The fourth-order valence-electron chi connectivity index (χ4n) is 5.12. The molecule has 0 radical (unpaired) electrons. The van der Waals surface area contributed by atoms with Gasteiger partial charge >= 0.3 is 0 Å². The summed E-state index contributed by atoms with van der Waals surface area (Å²) in [5, 5.41) is 13.8. The van der Waals surface area contributed by atoms with E-state index in [4.69, 9.17) is 48.9 Å². The van der Waals surface area contributed by atoms with Crippen molar-refractivity contribution in [2.24, 2.45) is 11.1 Å². The molecule has 0 unspecified atom stereocenters. The van der Waals surface area contributed by atoms with Gasteiger partial charge < -0.3 is 20.6 Å². The number of primary amides is 1. The van der Waals surface area contributed by atoms with Gasteiger partial charge in [0.1, 0.15) is 17.3 Å². The Bertz CT molecular complexity index is 1590. The summed E-state index contributed by atoms with van der Waals surface area (Å²) in [7, 11) is 0. The van der Waals surface area contributed by atoms with Crippen molar-refractivity contribution >= 4 is 52.4 Å². The first-order chi connectivity index (χ1) is 19.6. The molecule has 4 aromatic rings. The number of fused-ring (bicyclic) bond motifs is 1. The predicted octanol–water partition coefficient (Wildman–Crippen LogP) is 5.76. The Morgan fingerprint density at radius 3 is 2.17 bits per heavy atom. The van der Waals surface area contributed by atoms with Gasteiger partial charge in [-0.15, -0.1) is 0 Å². The maximum atomic E-state index is 12.1. The smallest absolute Gasteiger partial charge is 0.300 e. The molecule has 41 heavy (non-hydrogen) atoms. The van der Waals surface area contributed by atoms with Crippen LogP contribution in [-0.2, 0) is 9.59 Å². The number of aromatic nitrogens is 3. The third kappa shape index (κ3) is 5.83. The van der Waals surface area contributed by atoms with Crippen molar-refractivity contribution in [1.82, 2.24) is 14.6 Å². The predicted molar refractivity (Wildman–Crippen MR) is 163 cm³/mol. The number of nitrogens with two attached hydrogens (primary N) is 1. The standard InChI is InChI=1S/C28H28Cl2N6O.C2H4O2/c1-28(27(31)37)11-15-35(16-12-28)23-17-22(34-13-4-14-34)32-26-24(18-7-9-19(29)10-8-18)25(33-36(23)26)20-5-2-3-6-21(20)30;1-2(3)4/h2-3,5-10,17H,4,11-16H2,1H3,(H2,31,37);1H3,(H,3,4). The summed E-state index contributed by atoms with van der Waals surface area (Å²) in [5.74, 6) is 0.808. The molecule has 2 aliphatic heterocycles. The van der Waals surface area contributed by atoms with E-state index >= 15 is 0 Å². The van der Waals surface area contributed by atoms with Gasteiger partial charge in [0.2, 0.25) is 5.91 Å². The number of anilines is 2. The van der Waals surface area contributed by atoms with E-state index in [1.54, 1.807) is 0 Å². The molecule has 2 aliphatic rings. The van der Waals surface area contributed by atoms with Crippen LogP contribution >= 0.6 is 23.2 Å². The number of hydrogen-bond acceptors (Lipinski definition) is 6. The second-order valence-electron chi connectivity index (χ2n) is 10.7. The van der Waals surface area contributed by atoms with Crippen LogP contribution < -0.4 is 15.5 Å². The van der Waals surface area contributed by atoms with Crippen molar-refractivity contribution in [1.29, 1.82) is 0 Å². The Labute approximate surface area is 248 Å². The van der Waals surface area contributed by atoms with Crippen LogP contribution in [0.25, 0.3) is 28.0 Å². The molecule has 6 rings (SSSR count). The van der Waals surface area contributed by atoms with Gasteiger partial charge in [0, 0.05) is 55.2 Å². The lowest BCUT2D eigenvalue weighted by Gasteiger charge is -2.39. The van der Waals surface area contributed by atoms with Gasteiger partial charge in [0.05, 0.1) is 10.6 Å². The zero-order chi connectivity index (χ0) is 29.3. The summed E-state index contributed by atoms with van der Waals surface area (Å²) >= 11 is 12.9. The number of carbonyl (C=O) groups excluding carboxylic acids is 1. The quantitative estimate of drug-likeness (QED) is 0.301. The first-order valence-electron chi connectivity index (χ1n) is 13.5. The molecule has 1 amide bonds. The van der Waals surface area contributed by atoms with Gasteiger partial charge in [-0.2, -0.15) is 9.61 Å². The van der Waals surface area contributed by atoms with Crippen LogP contribution in [0.4, 0.5) is 11.6 Å². The number of carboxylic acids is 1. The summed E-state index contributed by atoms with van der Waals surface area (Å²) in [6, 6.07) is 17.6. The van der Waals surface area contributed by atoms with Gasteiger partial charge in [-0.05, 0) is 43.0 Å². The minimum atomic E-state index is -0.833. The molecule has 0 saturated carbocycles. The average Bonchev–Trinajstić information content (AvgIpc) is 3.27. The molecule has 11 heteroatoms. The van der Waals surface area contributed by atoms with Crippen molar-refractivity contribution in [2.45, 2.75) is 33.1 Å². The lowest BCUT2D eigenvalue weighted by atomic mass is 9.80. The second kappa shape index (κ2) is 11.6. The monoisotopic (exact) mass is 594 g/mol. The van der Waals surface area contributed by atoms with Crippen LogP contribution in [0.2, 0.25) is 10.0 Å². The number of rotatable bonds is 5. The molecular formula is C30H32Cl2N6O3. The molecule has 2 aromatic carbocycles. The van der Waals surface area contributed by atoms with Crippen molar-refractivity contribution in [2.75, 3.05) is 36.0 Å². The van der Waals surface area contributed by atoms with Crippen LogP contribution in [0, 0.1) is 5.41 Å². The highest BCUT2D eigenvalue weighted by Crippen LogP contribution is 2.41. The van der Waals surface area contributed by atoms with E-state index in [-0.39, 0.29) is 5.91 Å². The highest BCUT2D eigenvalue weighted by atomic mass is 35.5. The number of halogens is 2. The number of carbonyl (C=O) groups is 2. The minimum Gasteiger partial charge on any atom is -0.481 e. The molecule has 2 saturated heterocycles. The Hall–Kier alpha value is -3.82. The fourth-order valence-corrected chi connectivity index (χ4v) is 5.47. The normalized spacial score (nSPS) is 16.1.